The van der Waals surface area contributed by atoms with Crippen LogP contribution < -0.4 is 0 Å². The van der Waals surface area contributed by atoms with Gasteiger partial charge in [-0.15, -0.1) is 0 Å². The first-order valence-electron chi connectivity index (χ1n) is 20.3. The van der Waals surface area contributed by atoms with Crippen molar-refractivity contribution in [2.75, 3.05) is 26.4 Å². The third kappa shape index (κ3) is 24.7. The Bertz CT molecular complexity index is 762. The fourth-order valence-electron chi connectivity index (χ4n) is 6.19. The average molecular weight is 701 g/mol. The van der Waals surface area contributed by atoms with Gasteiger partial charge in [-0.2, -0.15) is 0 Å². The van der Waals surface area contributed by atoms with E-state index in [2.05, 4.69) is 26.0 Å². The van der Waals surface area contributed by atoms with Crippen LogP contribution in [0.1, 0.15) is 174 Å². The number of aliphatic hydroxyl groups is 4. The molecule has 0 aliphatic carbocycles. The zero-order chi connectivity index (χ0) is 35.8. The summed E-state index contributed by atoms with van der Waals surface area (Å²) in [5, 5.41) is 40.0. The van der Waals surface area contributed by atoms with E-state index in [4.69, 9.17) is 18.9 Å². The Morgan fingerprint density at radius 3 is 1.65 bits per heavy atom. The number of aliphatic hydroxyl groups excluding tert-OH is 4. The Balaban J connectivity index is 2.31. The van der Waals surface area contributed by atoms with Crippen LogP contribution in [0.2, 0.25) is 0 Å². The van der Waals surface area contributed by atoms with Crippen molar-refractivity contribution >= 4 is 5.97 Å². The number of ether oxygens (including phenoxy) is 4. The molecular formula is C40H76O9. The monoisotopic (exact) mass is 701 g/mol. The summed E-state index contributed by atoms with van der Waals surface area (Å²) in [5.41, 5.74) is 0. The zero-order valence-electron chi connectivity index (χ0n) is 31.5. The Hall–Kier alpha value is -1.07. The third-order valence-electron chi connectivity index (χ3n) is 9.43. The maximum Gasteiger partial charge on any atom is 0.306 e. The molecule has 4 N–H and O–H groups in total. The average Bonchev–Trinajstić information content (AvgIpc) is 3.10. The molecule has 6 atom stereocenters. The summed E-state index contributed by atoms with van der Waals surface area (Å²) in [6.45, 7) is 4.55. The second-order valence-corrected chi connectivity index (χ2v) is 14.1. The molecule has 290 valence electrons. The summed E-state index contributed by atoms with van der Waals surface area (Å²) in [6.07, 6.45) is 26.6. The molecule has 0 aromatic carbocycles. The van der Waals surface area contributed by atoms with Crippen LogP contribution in [0.5, 0.6) is 0 Å². The molecule has 0 aromatic rings. The van der Waals surface area contributed by atoms with Gasteiger partial charge in [0.25, 0.3) is 0 Å². The van der Waals surface area contributed by atoms with Gasteiger partial charge in [0.2, 0.25) is 0 Å². The number of esters is 1. The molecule has 9 heteroatoms. The molecular weight excluding hydrogens is 624 g/mol. The molecule has 0 spiro atoms. The minimum absolute atomic E-state index is 0.112. The highest BCUT2D eigenvalue weighted by Crippen LogP contribution is 2.22. The number of carbonyl (C=O) groups excluding carboxylic acids is 1. The number of hydrogen-bond donors (Lipinski definition) is 4. The Labute approximate surface area is 299 Å². The fraction of sp³-hybridized carbons (Fsp3) is 0.925. The van der Waals surface area contributed by atoms with Crippen LogP contribution in [-0.4, -0.2) is 89.6 Å². The second kappa shape index (κ2) is 32.8. The lowest BCUT2D eigenvalue weighted by atomic mass is 9.99. The summed E-state index contributed by atoms with van der Waals surface area (Å²) in [6, 6.07) is 0. The van der Waals surface area contributed by atoms with E-state index in [1.165, 1.54) is 109 Å². The third-order valence-corrected chi connectivity index (χ3v) is 9.43. The molecule has 1 aliphatic heterocycles. The highest BCUT2D eigenvalue weighted by atomic mass is 16.7. The van der Waals surface area contributed by atoms with Gasteiger partial charge in [-0.1, -0.05) is 142 Å². The normalized spacial score (nSPS) is 21.8. The van der Waals surface area contributed by atoms with Gasteiger partial charge in [0.15, 0.2) is 6.29 Å². The van der Waals surface area contributed by atoms with Gasteiger partial charge < -0.3 is 39.4 Å². The van der Waals surface area contributed by atoms with Crippen molar-refractivity contribution in [3.8, 4) is 0 Å². The quantitative estimate of drug-likeness (QED) is 0.0299. The first-order valence-corrected chi connectivity index (χ1v) is 20.3. The minimum atomic E-state index is -1.53. The zero-order valence-corrected chi connectivity index (χ0v) is 31.5. The predicted octanol–water partition coefficient (Wildman–Crippen LogP) is 8.08. The first kappa shape index (κ1) is 46.0. The van der Waals surface area contributed by atoms with E-state index in [0.717, 1.165) is 44.9 Å². The molecule has 0 radical (unpaired) electrons. The minimum Gasteiger partial charge on any atom is -0.457 e. The van der Waals surface area contributed by atoms with E-state index >= 15 is 0 Å². The Kier molecular flexibility index (Phi) is 30.8. The van der Waals surface area contributed by atoms with Gasteiger partial charge in [-0.05, 0) is 38.5 Å². The van der Waals surface area contributed by atoms with Gasteiger partial charge in [-0.3, -0.25) is 4.79 Å². The molecule has 49 heavy (non-hydrogen) atoms. The van der Waals surface area contributed by atoms with Crippen molar-refractivity contribution in [1.29, 1.82) is 0 Å². The van der Waals surface area contributed by atoms with E-state index in [-0.39, 0.29) is 19.2 Å². The van der Waals surface area contributed by atoms with Gasteiger partial charge >= 0.3 is 5.97 Å². The molecule has 1 fully saturated rings. The lowest BCUT2D eigenvalue weighted by Gasteiger charge is -2.39. The molecule has 0 bridgehead atoms. The number of rotatable bonds is 34. The van der Waals surface area contributed by atoms with Gasteiger partial charge in [-0.25, -0.2) is 0 Å². The van der Waals surface area contributed by atoms with Crippen LogP contribution in [0.25, 0.3) is 0 Å². The molecule has 1 heterocycles. The van der Waals surface area contributed by atoms with Crippen molar-refractivity contribution in [1.82, 2.24) is 0 Å². The van der Waals surface area contributed by atoms with Crippen molar-refractivity contribution in [2.24, 2.45) is 0 Å². The van der Waals surface area contributed by atoms with Gasteiger partial charge in [0, 0.05) is 13.0 Å². The molecule has 1 saturated heterocycles. The van der Waals surface area contributed by atoms with E-state index in [1.54, 1.807) is 0 Å². The van der Waals surface area contributed by atoms with Crippen LogP contribution in [0.4, 0.5) is 0 Å². The van der Waals surface area contributed by atoms with E-state index in [9.17, 15) is 25.2 Å². The van der Waals surface area contributed by atoms with Gasteiger partial charge in [0.05, 0.1) is 19.8 Å². The van der Waals surface area contributed by atoms with Gasteiger partial charge in [0.1, 0.15) is 30.5 Å². The summed E-state index contributed by atoms with van der Waals surface area (Å²) in [5.74, 6) is -0.321. The molecule has 0 saturated carbocycles. The van der Waals surface area contributed by atoms with Crippen LogP contribution in [-0.2, 0) is 23.7 Å². The molecule has 6 unspecified atom stereocenters. The summed E-state index contributed by atoms with van der Waals surface area (Å²) < 4.78 is 22.7. The smallest absolute Gasteiger partial charge is 0.306 e. The Morgan fingerprint density at radius 2 is 1.12 bits per heavy atom. The largest absolute Gasteiger partial charge is 0.457 e. The van der Waals surface area contributed by atoms with Crippen molar-refractivity contribution < 1.29 is 44.2 Å². The molecule has 9 nitrogen and oxygen atoms in total. The van der Waals surface area contributed by atoms with E-state index in [1.807, 2.05) is 0 Å². The second-order valence-electron chi connectivity index (χ2n) is 14.1. The Morgan fingerprint density at radius 1 is 0.633 bits per heavy atom. The molecule has 1 aliphatic rings. The van der Waals surface area contributed by atoms with Crippen LogP contribution in [0, 0.1) is 0 Å². The highest BCUT2D eigenvalue weighted by molar-refractivity contribution is 5.69. The van der Waals surface area contributed by atoms with E-state index in [0.29, 0.717) is 13.0 Å². The number of hydrogen-bond acceptors (Lipinski definition) is 9. The van der Waals surface area contributed by atoms with Crippen molar-refractivity contribution in [2.45, 2.75) is 211 Å². The van der Waals surface area contributed by atoms with E-state index < -0.39 is 43.4 Å². The van der Waals surface area contributed by atoms with Crippen LogP contribution >= 0.6 is 0 Å². The molecule has 0 amide bonds. The number of allylic oxidation sites excluding steroid dienone is 2. The lowest BCUT2D eigenvalue weighted by Crippen LogP contribution is -2.59. The first-order chi connectivity index (χ1) is 23.9. The molecule has 0 aromatic heterocycles. The predicted molar refractivity (Wildman–Crippen MR) is 196 cm³/mol. The fourth-order valence-corrected chi connectivity index (χ4v) is 6.19. The van der Waals surface area contributed by atoms with Crippen molar-refractivity contribution in [3.05, 3.63) is 12.2 Å². The molecule has 1 rings (SSSR count). The summed E-state index contributed by atoms with van der Waals surface area (Å²) in [7, 11) is 0. The number of carbonyl (C=O) groups is 1. The maximum absolute atomic E-state index is 12.7. The van der Waals surface area contributed by atoms with Crippen molar-refractivity contribution in [3.63, 3.8) is 0 Å². The SMILES string of the molecule is CCCCCCC/C=C\CCCCCCCC(=O)OC(COCCCCCCCCCCCCCC)COC1OC(CO)C(O)C(O)C1O. The lowest BCUT2D eigenvalue weighted by molar-refractivity contribution is -0.305. The van der Waals surface area contributed by atoms with Crippen LogP contribution in [0.15, 0.2) is 12.2 Å². The highest BCUT2D eigenvalue weighted by Gasteiger charge is 2.44. The summed E-state index contributed by atoms with van der Waals surface area (Å²) in [4.78, 5) is 12.7. The standard InChI is InChI=1S/C40H76O9/c1-3-5-7-9-11-13-15-17-18-19-21-23-25-27-29-36(42)48-34(33-47-40-39(45)38(44)37(43)35(31-41)49-40)32-46-30-28-26-24-22-20-16-14-12-10-8-6-4-2/h15,17,34-35,37-41,43-45H,3-14,16,18-33H2,1-2H3/b17-15-. The summed E-state index contributed by atoms with van der Waals surface area (Å²) >= 11 is 0. The van der Waals surface area contributed by atoms with Crippen LogP contribution in [0.3, 0.4) is 0 Å². The maximum atomic E-state index is 12.7. The topological polar surface area (TPSA) is 135 Å². The number of unbranched alkanes of at least 4 members (excludes halogenated alkanes) is 21.